The van der Waals surface area contributed by atoms with Gasteiger partial charge in [0.25, 0.3) is 15.9 Å². The molecule has 0 radical (unpaired) electrons. The van der Waals surface area contributed by atoms with Gasteiger partial charge in [0.2, 0.25) is 0 Å². The van der Waals surface area contributed by atoms with Crippen molar-refractivity contribution in [3.8, 4) is 5.69 Å². The van der Waals surface area contributed by atoms with Crippen LogP contribution in [0.15, 0.2) is 59.6 Å². The molecule has 0 saturated heterocycles. The van der Waals surface area contributed by atoms with Gasteiger partial charge < -0.3 is 4.57 Å². The number of sulfonamides is 1. The molecule has 1 N–H and O–H groups in total. The van der Waals surface area contributed by atoms with Crippen LogP contribution in [0.5, 0.6) is 0 Å². The summed E-state index contributed by atoms with van der Waals surface area (Å²) in [6, 6.07) is 12.6. The monoisotopic (exact) mass is 409 g/mol. The van der Waals surface area contributed by atoms with Crippen LogP contribution in [-0.4, -0.2) is 23.9 Å². The van der Waals surface area contributed by atoms with E-state index in [9.17, 15) is 13.2 Å². The topological polar surface area (TPSA) is 81.1 Å². The van der Waals surface area contributed by atoms with E-state index in [2.05, 4.69) is 4.98 Å². The van der Waals surface area contributed by atoms with Gasteiger partial charge >= 0.3 is 0 Å². The molecule has 1 amide bonds. The molecule has 1 heterocycles. The summed E-state index contributed by atoms with van der Waals surface area (Å²) in [4.78, 5) is 16.4. The molecule has 9 heteroatoms. The van der Waals surface area contributed by atoms with Gasteiger partial charge in [0.1, 0.15) is 11.5 Å². The van der Waals surface area contributed by atoms with Crippen molar-refractivity contribution in [2.75, 3.05) is 0 Å². The van der Waals surface area contributed by atoms with E-state index in [1.807, 2.05) is 4.72 Å². The fourth-order valence-corrected chi connectivity index (χ4v) is 3.70. The molecular formula is C17H13Cl2N3O3S. The van der Waals surface area contributed by atoms with E-state index in [1.54, 1.807) is 41.8 Å². The molecule has 0 aliphatic rings. The van der Waals surface area contributed by atoms with E-state index in [-0.39, 0.29) is 15.6 Å². The molecule has 26 heavy (non-hydrogen) atoms. The van der Waals surface area contributed by atoms with Gasteiger partial charge in [0, 0.05) is 21.9 Å². The highest BCUT2D eigenvalue weighted by molar-refractivity contribution is 7.90. The van der Waals surface area contributed by atoms with Crippen LogP contribution < -0.4 is 4.72 Å². The fraction of sp³-hybridized carbons (Fsp3) is 0.0588. The predicted octanol–water partition coefficient (Wildman–Crippen LogP) is 3.61. The normalized spacial score (nSPS) is 11.3. The summed E-state index contributed by atoms with van der Waals surface area (Å²) in [7, 11) is -4.05. The third-order valence-corrected chi connectivity index (χ3v) is 5.37. The van der Waals surface area contributed by atoms with Crippen molar-refractivity contribution in [2.24, 2.45) is 0 Å². The first-order valence-electron chi connectivity index (χ1n) is 7.41. The Balaban J connectivity index is 1.87. The van der Waals surface area contributed by atoms with Crippen molar-refractivity contribution in [1.29, 1.82) is 0 Å². The Bertz CT molecular complexity index is 1080. The number of amides is 1. The van der Waals surface area contributed by atoms with E-state index in [0.29, 0.717) is 10.8 Å². The Labute approximate surface area is 160 Å². The standard InChI is InChI=1S/C17H13Cl2N3O3S/c1-11-20-16(10-22(11)14-7-5-12(18)6-8-14)17(23)21-26(24,25)15-4-2-3-13(19)9-15/h2-10H,1H3,(H,21,23). The first-order valence-corrected chi connectivity index (χ1v) is 9.65. The molecule has 1 aromatic heterocycles. The zero-order valence-corrected chi connectivity index (χ0v) is 15.8. The van der Waals surface area contributed by atoms with Gasteiger partial charge in [0.15, 0.2) is 0 Å². The molecule has 3 aromatic rings. The lowest BCUT2D eigenvalue weighted by Gasteiger charge is -2.06. The van der Waals surface area contributed by atoms with Gasteiger partial charge in [-0.1, -0.05) is 29.3 Å². The number of imidazole rings is 1. The molecule has 0 unspecified atom stereocenters. The molecule has 0 aliphatic heterocycles. The van der Waals surface area contributed by atoms with Gasteiger partial charge in [-0.05, 0) is 49.4 Å². The third-order valence-electron chi connectivity index (χ3n) is 3.55. The second-order valence-corrected chi connectivity index (χ2v) is 7.97. The molecule has 0 spiro atoms. The summed E-state index contributed by atoms with van der Waals surface area (Å²) in [5.74, 6) is -0.307. The van der Waals surface area contributed by atoms with Gasteiger partial charge in [0.05, 0.1) is 4.90 Å². The molecule has 0 fully saturated rings. The number of nitrogens with one attached hydrogen (secondary N) is 1. The molecule has 134 valence electrons. The van der Waals surface area contributed by atoms with E-state index >= 15 is 0 Å². The number of rotatable bonds is 4. The minimum atomic E-state index is -4.05. The summed E-state index contributed by atoms with van der Waals surface area (Å²) in [5.41, 5.74) is 0.721. The average Bonchev–Trinajstić information content (AvgIpc) is 2.97. The van der Waals surface area contributed by atoms with Crippen LogP contribution in [0.1, 0.15) is 16.3 Å². The van der Waals surface area contributed by atoms with Crippen molar-refractivity contribution in [3.63, 3.8) is 0 Å². The number of hydrogen-bond donors (Lipinski definition) is 1. The van der Waals surface area contributed by atoms with Crippen molar-refractivity contribution in [2.45, 2.75) is 11.8 Å². The number of benzene rings is 2. The minimum Gasteiger partial charge on any atom is -0.303 e. The Morgan fingerprint density at radius 3 is 2.42 bits per heavy atom. The van der Waals surface area contributed by atoms with E-state index < -0.39 is 15.9 Å². The number of halogens is 2. The average molecular weight is 410 g/mol. The van der Waals surface area contributed by atoms with Crippen LogP contribution >= 0.6 is 23.2 Å². The van der Waals surface area contributed by atoms with Gasteiger partial charge in [-0.25, -0.2) is 18.1 Å². The Kier molecular flexibility index (Phi) is 5.04. The SMILES string of the molecule is Cc1nc(C(=O)NS(=O)(=O)c2cccc(Cl)c2)cn1-c1ccc(Cl)cc1. The van der Waals surface area contributed by atoms with Gasteiger partial charge in [-0.2, -0.15) is 0 Å². The Hall–Kier alpha value is -2.35. The first kappa shape index (κ1) is 18.4. The van der Waals surface area contributed by atoms with Crippen LogP contribution in [0.4, 0.5) is 0 Å². The molecule has 3 rings (SSSR count). The van der Waals surface area contributed by atoms with Crippen LogP contribution in [-0.2, 0) is 10.0 Å². The second-order valence-electron chi connectivity index (χ2n) is 5.41. The van der Waals surface area contributed by atoms with Crippen LogP contribution in [0.25, 0.3) is 5.69 Å². The number of carbonyl (C=O) groups excluding carboxylic acids is 1. The molecule has 2 aromatic carbocycles. The maximum atomic E-state index is 12.3. The maximum absolute atomic E-state index is 12.3. The molecule has 0 atom stereocenters. The number of nitrogens with zero attached hydrogens (tertiary/aromatic N) is 2. The van der Waals surface area contributed by atoms with Crippen molar-refractivity contribution in [3.05, 3.63) is 76.3 Å². The Morgan fingerprint density at radius 1 is 1.08 bits per heavy atom. The largest absolute Gasteiger partial charge is 0.303 e. The van der Waals surface area contributed by atoms with Crippen LogP contribution in [0.2, 0.25) is 10.0 Å². The third kappa shape index (κ3) is 3.90. The molecule has 0 aliphatic carbocycles. The lowest BCUT2D eigenvalue weighted by molar-refractivity contribution is 0.0977. The lowest BCUT2D eigenvalue weighted by Crippen LogP contribution is -2.30. The summed E-state index contributed by atoms with van der Waals surface area (Å²) >= 11 is 11.7. The summed E-state index contributed by atoms with van der Waals surface area (Å²) in [6.45, 7) is 1.71. The van der Waals surface area contributed by atoms with Gasteiger partial charge in [-0.15, -0.1) is 0 Å². The number of aryl methyl sites for hydroxylation is 1. The maximum Gasteiger partial charge on any atom is 0.285 e. The van der Waals surface area contributed by atoms with E-state index in [0.717, 1.165) is 5.69 Å². The quantitative estimate of drug-likeness (QED) is 0.713. The zero-order valence-electron chi connectivity index (χ0n) is 13.5. The first-order chi connectivity index (χ1) is 12.3. The van der Waals surface area contributed by atoms with Crippen molar-refractivity contribution < 1.29 is 13.2 Å². The Morgan fingerprint density at radius 2 is 1.77 bits per heavy atom. The highest BCUT2D eigenvalue weighted by atomic mass is 35.5. The highest BCUT2D eigenvalue weighted by Crippen LogP contribution is 2.18. The minimum absolute atomic E-state index is 0.0250. The second kappa shape index (κ2) is 7.11. The van der Waals surface area contributed by atoms with Crippen molar-refractivity contribution in [1.82, 2.24) is 14.3 Å². The molecular weight excluding hydrogens is 397 g/mol. The number of hydrogen-bond acceptors (Lipinski definition) is 4. The zero-order chi connectivity index (χ0) is 18.9. The van der Waals surface area contributed by atoms with E-state index in [4.69, 9.17) is 23.2 Å². The van der Waals surface area contributed by atoms with Crippen molar-refractivity contribution >= 4 is 39.1 Å². The molecule has 6 nitrogen and oxygen atoms in total. The van der Waals surface area contributed by atoms with Crippen LogP contribution in [0, 0.1) is 6.92 Å². The van der Waals surface area contributed by atoms with E-state index in [1.165, 1.54) is 24.4 Å². The van der Waals surface area contributed by atoms with Crippen LogP contribution in [0.3, 0.4) is 0 Å². The summed E-state index contributed by atoms with van der Waals surface area (Å²) in [5, 5.41) is 0.834. The predicted molar refractivity (Wildman–Crippen MR) is 99.4 cm³/mol. The molecule has 0 saturated carbocycles. The lowest BCUT2D eigenvalue weighted by atomic mass is 10.3. The molecule has 0 bridgehead atoms. The van der Waals surface area contributed by atoms with Gasteiger partial charge in [-0.3, -0.25) is 4.79 Å². The fourth-order valence-electron chi connectivity index (χ4n) is 2.31. The smallest absolute Gasteiger partial charge is 0.285 e. The summed E-state index contributed by atoms with van der Waals surface area (Å²) < 4.78 is 28.3. The number of carbonyl (C=O) groups is 1. The summed E-state index contributed by atoms with van der Waals surface area (Å²) in [6.07, 6.45) is 1.46. The number of aromatic nitrogens is 2. The highest BCUT2D eigenvalue weighted by Gasteiger charge is 2.21.